The van der Waals surface area contributed by atoms with Gasteiger partial charge < -0.3 is 4.57 Å². The lowest BCUT2D eigenvalue weighted by Gasteiger charge is -2.06. The summed E-state index contributed by atoms with van der Waals surface area (Å²) in [6, 6.07) is 11.8. The van der Waals surface area contributed by atoms with Crippen molar-refractivity contribution in [1.29, 1.82) is 0 Å². The molecule has 3 rings (SSSR count). The number of rotatable bonds is 3. The summed E-state index contributed by atoms with van der Waals surface area (Å²) in [5.74, 6) is 0. The van der Waals surface area contributed by atoms with Crippen LogP contribution in [-0.2, 0) is 6.54 Å². The van der Waals surface area contributed by atoms with Gasteiger partial charge in [0.25, 0.3) is 0 Å². The molecule has 0 saturated carbocycles. The van der Waals surface area contributed by atoms with E-state index in [0.717, 1.165) is 28.4 Å². The monoisotopic (exact) mass is 250 g/mol. The zero-order chi connectivity index (χ0) is 13.2. The summed E-state index contributed by atoms with van der Waals surface area (Å²) in [5, 5.41) is 0.991. The smallest absolute Gasteiger partial charge is 0.150 e. The van der Waals surface area contributed by atoms with Gasteiger partial charge in [0.2, 0.25) is 0 Å². The third-order valence-corrected chi connectivity index (χ3v) is 3.28. The third kappa shape index (κ3) is 2.15. The van der Waals surface area contributed by atoms with Crippen molar-refractivity contribution in [2.45, 2.75) is 13.5 Å². The maximum absolute atomic E-state index is 11.0. The van der Waals surface area contributed by atoms with Crippen molar-refractivity contribution in [2.24, 2.45) is 0 Å². The highest BCUT2D eigenvalue weighted by Crippen LogP contribution is 2.20. The number of hydrogen-bond acceptors (Lipinski definition) is 2. The zero-order valence-corrected chi connectivity index (χ0v) is 10.7. The fourth-order valence-electron chi connectivity index (χ4n) is 2.35. The molecule has 0 atom stereocenters. The first kappa shape index (κ1) is 11.7. The van der Waals surface area contributed by atoms with Crippen LogP contribution in [0.5, 0.6) is 0 Å². The summed E-state index contributed by atoms with van der Waals surface area (Å²) in [7, 11) is 0. The summed E-state index contributed by atoms with van der Waals surface area (Å²) >= 11 is 0. The summed E-state index contributed by atoms with van der Waals surface area (Å²) in [6.45, 7) is 2.77. The second-order valence-corrected chi connectivity index (χ2v) is 4.67. The number of nitrogens with zero attached hydrogens (tertiary/aromatic N) is 2. The average Bonchev–Trinajstić information content (AvgIpc) is 2.82. The van der Waals surface area contributed by atoms with Gasteiger partial charge in [0.05, 0.1) is 12.2 Å². The molecule has 0 radical (unpaired) electrons. The summed E-state index contributed by atoms with van der Waals surface area (Å²) in [4.78, 5) is 15.4. The van der Waals surface area contributed by atoms with Gasteiger partial charge in [-0.2, -0.15) is 0 Å². The quantitative estimate of drug-likeness (QED) is 0.669. The van der Waals surface area contributed by atoms with Crippen LogP contribution in [0, 0.1) is 6.92 Å². The van der Waals surface area contributed by atoms with E-state index in [1.165, 1.54) is 5.56 Å². The molecule has 3 nitrogen and oxygen atoms in total. The third-order valence-electron chi connectivity index (χ3n) is 3.28. The molecule has 1 aromatic carbocycles. The Morgan fingerprint density at radius 3 is 2.95 bits per heavy atom. The minimum absolute atomic E-state index is 0.716. The van der Waals surface area contributed by atoms with E-state index in [1.807, 2.05) is 42.7 Å². The number of hydrogen-bond donors (Lipinski definition) is 0. The molecule has 2 aromatic heterocycles. The Balaban J connectivity index is 2.04. The molecule has 0 spiro atoms. The molecule has 19 heavy (non-hydrogen) atoms. The molecule has 0 fully saturated rings. The Kier molecular flexibility index (Phi) is 2.88. The van der Waals surface area contributed by atoms with Crippen molar-refractivity contribution in [3.05, 3.63) is 65.6 Å². The fraction of sp³-hybridized carbons (Fsp3) is 0.125. The highest BCUT2D eigenvalue weighted by atomic mass is 16.1. The second-order valence-electron chi connectivity index (χ2n) is 4.67. The van der Waals surface area contributed by atoms with E-state index in [-0.39, 0.29) is 0 Å². The summed E-state index contributed by atoms with van der Waals surface area (Å²) < 4.78 is 2.12. The van der Waals surface area contributed by atoms with E-state index in [0.29, 0.717) is 6.54 Å². The fourth-order valence-corrected chi connectivity index (χ4v) is 2.35. The maximum atomic E-state index is 11.0. The van der Waals surface area contributed by atoms with Crippen LogP contribution in [0.25, 0.3) is 10.9 Å². The molecule has 0 aliphatic carbocycles. The van der Waals surface area contributed by atoms with Crippen LogP contribution >= 0.6 is 0 Å². The molecular weight excluding hydrogens is 236 g/mol. The summed E-state index contributed by atoms with van der Waals surface area (Å²) in [5.41, 5.74) is 4.02. The molecule has 0 bridgehead atoms. The molecule has 3 aromatic rings. The normalized spacial score (nSPS) is 10.8. The minimum Gasteiger partial charge on any atom is -0.341 e. The number of aromatic nitrogens is 2. The lowest BCUT2D eigenvalue weighted by molar-refractivity contribution is 0.112. The first-order chi connectivity index (χ1) is 9.28. The first-order valence-electron chi connectivity index (χ1n) is 6.22. The molecule has 94 valence electrons. The SMILES string of the molecule is Cc1ccnc(Cn2ccc3c(C=O)cccc32)c1. The van der Waals surface area contributed by atoms with Gasteiger partial charge >= 0.3 is 0 Å². The highest BCUT2D eigenvalue weighted by molar-refractivity contribution is 5.97. The van der Waals surface area contributed by atoms with Gasteiger partial charge in [0, 0.05) is 28.9 Å². The van der Waals surface area contributed by atoms with E-state index in [1.54, 1.807) is 0 Å². The van der Waals surface area contributed by atoms with Crippen LogP contribution in [0.3, 0.4) is 0 Å². The van der Waals surface area contributed by atoms with Crippen molar-refractivity contribution in [3.63, 3.8) is 0 Å². The predicted molar refractivity (Wildman–Crippen MR) is 75.4 cm³/mol. The minimum atomic E-state index is 0.716. The lowest BCUT2D eigenvalue weighted by Crippen LogP contribution is -2.00. The van der Waals surface area contributed by atoms with Crippen LogP contribution in [-0.4, -0.2) is 15.8 Å². The van der Waals surface area contributed by atoms with E-state index in [9.17, 15) is 4.79 Å². The molecule has 2 heterocycles. The van der Waals surface area contributed by atoms with Crippen molar-refractivity contribution < 1.29 is 4.79 Å². The number of carbonyl (C=O) groups is 1. The Hall–Kier alpha value is -2.42. The van der Waals surface area contributed by atoms with E-state index < -0.39 is 0 Å². The van der Waals surface area contributed by atoms with Gasteiger partial charge in [-0.25, -0.2) is 0 Å². The largest absolute Gasteiger partial charge is 0.341 e. The van der Waals surface area contributed by atoms with Crippen LogP contribution in [0.15, 0.2) is 48.8 Å². The Labute approximate surface area is 111 Å². The number of carbonyl (C=O) groups excluding carboxylic acids is 1. The van der Waals surface area contributed by atoms with Crippen molar-refractivity contribution >= 4 is 17.2 Å². The second kappa shape index (κ2) is 4.69. The van der Waals surface area contributed by atoms with Gasteiger partial charge in [-0.15, -0.1) is 0 Å². The van der Waals surface area contributed by atoms with E-state index >= 15 is 0 Å². The van der Waals surface area contributed by atoms with Gasteiger partial charge in [-0.3, -0.25) is 9.78 Å². The first-order valence-corrected chi connectivity index (χ1v) is 6.22. The Morgan fingerprint density at radius 2 is 2.16 bits per heavy atom. The van der Waals surface area contributed by atoms with Crippen LogP contribution < -0.4 is 0 Å². The van der Waals surface area contributed by atoms with E-state index in [4.69, 9.17) is 0 Å². The number of aldehydes is 1. The number of benzene rings is 1. The molecule has 0 unspecified atom stereocenters. The number of pyridine rings is 1. The maximum Gasteiger partial charge on any atom is 0.150 e. The molecule has 3 heteroatoms. The van der Waals surface area contributed by atoms with E-state index in [2.05, 4.69) is 22.5 Å². The lowest BCUT2D eigenvalue weighted by atomic mass is 10.1. The molecule has 0 amide bonds. The average molecular weight is 250 g/mol. The van der Waals surface area contributed by atoms with Crippen molar-refractivity contribution in [1.82, 2.24) is 9.55 Å². The molecule has 0 saturated heterocycles. The molecular formula is C16H14N2O. The standard InChI is InChI=1S/C16H14N2O/c1-12-5-7-17-14(9-12)10-18-8-6-15-13(11-19)3-2-4-16(15)18/h2-9,11H,10H2,1H3. The molecule has 0 aliphatic heterocycles. The van der Waals surface area contributed by atoms with Crippen molar-refractivity contribution in [3.8, 4) is 0 Å². The van der Waals surface area contributed by atoms with Crippen LogP contribution in [0.2, 0.25) is 0 Å². The predicted octanol–water partition coefficient (Wildman–Crippen LogP) is 3.21. The van der Waals surface area contributed by atoms with Crippen molar-refractivity contribution in [2.75, 3.05) is 0 Å². The highest BCUT2D eigenvalue weighted by Gasteiger charge is 2.05. The van der Waals surface area contributed by atoms with Gasteiger partial charge in [0.15, 0.2) is 6.29 Å². The Morgan fingerprint density at radius 1 is 1.26 bits per heavy atom. The zero-order valence-electron chi connectivity index (χ0n) is 10.7. The van der Waals surface area contributed by atoms with Crippen LogP contribution in [0.1, 0.15) is 21.6 Å². The number of aryl methyl sites for hydroxylation is 1. The topological polar surface area (TPSA) is 34.9 Å². The molecule has 0 N–H and O–H groups in total. The van der Waals surface area contributed by atoms with Crippen LogP contribution in [0.4, 0.5) is 0 Å². The van der Waals surface area contributed by atoms with Gasteiger partial charge in [-0.1, -0.05) is 12.1 Å². The molecule has 0 aliphatic rings. The number of fused-ring (bicyclic) bond motifs is 1. The van der Waals surface area contributed by atoms with Gasteiger partial charge in [0.1, 0.15) is 0 Å². The summed E-state index contributed by atoms with van der Waals surface area (Å²) in [6.07, 6.45) is 4.73. The van der Waals surface area contributed by atoms with Gasteiger partial charge in [-0.05, 0) is 36.8 Å². The Bertz CT molecular complexity index is 743.